The highest BCUT2D eigenvalue weighted by atomic mass is 16.3. The van der Waals surface area contributed by atoms with Gasteiger partial charge in [0.05, 0.1) is 5.69 Å². The summed E-state index contributed by atoms with van der Waals surface area (Å²) in [5.74, 6) is 5.77. The third-order valence-corrected chi connectivity index (χ3v) is 2.88. The summed E-state index contributed by atoms with van der Waals surface area (Å²) in [6.07, 6.45) is 0.435. The molecule has 2 atom stereocenters. The Morgan fingerprint density at radius 1 is 1.53 bits per heavy atom. The van der Waals surface area contributed by atoms with Gasteiger partial charge in [0, 0.05) is 24.3 Å². The lowest BCUT2D eigenvalue weighted by atomic mass is 10.1. The van der Waals surface area contributed by atoms with Crippen molar-refractivity contribution in [2.75, 3.05) is 20.6 Å². The van der Waals surface area contributed by atoms with Gasteiger partial charge in [0.2, 0.25) is 0 Å². The first-order valence-corrected chi connectivity index (χ1v) is 6.16. The predicted molar refractivity (Wildman–Crippen MR) is 73.2 cm³/mol. The summed E-state index contributed by atoms with van der Waals surface area (Å²) < 4.78 is 0. The molecule has 6 nitrogen and oxygen atoms in total. The van der Waals surface area contributed by atoms with Crippen LogP contribution in [0, 0.1) is 0 Å². The van der Waals surface area contributed by atoms with Crippen molar-refractivity contribution in [3.05, 3.63) is 29.6 Å². The first-order chi connectivity index (χ1) is 8.84. The summed E-state index contributed by atoms with van der Waals surface area (Å²) in [5, 5.41) is 11.6. The number of nitrogens with zero attached hydrogens (tertiary/aromatic N) is 3. The van der Waals surface area contributed by atoms with E-state index in [1.807, 2.05) is 25.9 Å². The van der Waals surface area contributed by atoms with Crippen molar-refractivity contribution in [3.63, 3.8) is 0 Å². The monoisotopic (exact) mass is 266 g/mol. The van der Waals surface area contributed by atoms with Gasteiger partial charge in [0.1, 0.15) is 0 Å². The maximum Gasteiger partial charge on any atom is 0.163 e. The molecule has 0 saturated carbocycles. The van der Waals surface area contributed by atoms with Crippen molar-refractivity contribution >= 4 is 5.78 Å². The Labute approximate surface area is 113 Å². The van der Waals surface area contributed by atoms with Gasteiger partial charge in [-0.2, -0.15) is 0 Å². The van der Waals surface area contributed by atoms with Crippen LogP contribution in [-0.2, 0) is 0 Å². The van der Waals surface area contributed by atoms with Gasteiger partial charge in [-0.3, -0.25) is 15.6 Å². The zero-order valence-corrected chi connectivity index (χ0v) is 11.9. The van der Waals surface area contributed by atoms with E-state index in [-0.39, 0.29) is 11.8 Å². The van der Waals surface area contributed by atoms with Gasteiger partial charge >= 0.3 is 0 Å². The molecule has 6 heteroatoms. The fourth-order valence-corrected chi connectivity index (χ4v) is 1.93. The number of Topliss-reactive ketones (excluding diaryl/α,β-unsaturated/α-hetero) is 1. The molecule has 106 valence electrons. The van der Waals surface area contributed by atoms with Gasteiger partial charge in [-0.15, -0.1) is 0 Å². The molecule has 0 spiro atoms. The Morgan fingerprint density at radius 2 is 2.16 bits per heavy atom. The average Bonchev–Trinajstić information content (AvgIpc) is 2.36. The van der Waals surface area contributed by atoms with E-state index < -0.39 is 6.23 Å². The minimum absolute atomic E-state index is 0.0770. The van der Waals surface area contributed by atoms with Crippen LogP contribution >= 0.6 is 0 Å². The van der Waals surface area contributed by atoms with Crippen molar-refractivity contribution in [2.24, 2.45) is 5.84 Å². The number of pyridine rings is 1. The van der Waals surface area contributed by atoms with Crippen LogP contribution in [0.1, 0.15) is 36.1 Å². The zero-order valence-electron chi connectivity index (χ0n) is 11.9. The number of hydrogen-bond acceptors (Lipinski definition) is 6. The summed E-state index contributed by atoms with van der Waals surface area (Å²) in [6.45, 7) is 4.03. The number of aromatic nitrogens is 1. The molecule has 0 bridgehead atoms. The summed E-state index contributed by atoms with van der Waals surface area (Å²) in [5.41, 5.74) is 0.686. The van der Waals surface area contributed by atoms with Crippen molar-refractivity contribution in [1.82, 2.24) is 14.9 Å². The number of ketones is 1. The standard InChI is InChI=1S/C13H22N4O2/c1-9(8-16(3)4)17(14)13(19)12-11(10(2)18)6-5-7-15-12/h5-7,9,13,19H,8,14H2,1-4H3. The third kappa shape index (κ3) is 4.07. The second kappa shape index (κ2) is 6.72. The molecule has 0 aliphatic carbocycles. The van der Waals surface area contributed by atoms with Gasteiger partial charge in [-0.05, 0) is 40.1 Å². The van der Waals surface area contributed by atoms with Crippen LogP contribution in [0.4, 0.5) is 0 Å². The molecule has 3 N–H and O–H groups in total. The van der Waals surface area contributed by atoms with Crippen LogP contribution in [0.2, 0.25) is 0 Å². The Morgan fingerprint density at radius 3 is 2.68 bits per heavy atom. The molecule has 0 aliphatic rings. The van der Waals surface area contributed by atoms with E-state index in [0.29, 0.717) is 17.8 Å². The van der Waals surface area contributed by atoms with E-state index in [9.17, 15) is 9.90 Å². The second-order valence-electron chi connectivity index (χ2n) is 4.92. The van der Waals surface area contributed by atoms with Crippen molar-refractivity contribution in [2.45, 2.75) is 26.1 Å². The Balaban J connectivity index is 2.93. The summed E-state index contributed by atoms with van der Waals surface area (Å²) in [6, 6.07) is 3.22. The summed E-state index contributed by atoms with van der Waals surface area (Å²) >= 11 is 0. The lowest BCUT2D eigenvalue weighted by Crippen LogP contribution is -2.47. The van der Waals surface area contributed by atoms with Crippen LogP contribution in [0.3, 0.4) is 0 Å². The topological polar surface area (TPSA) is 82.7 Å². The van der Waals surface area contributed by atoms with E-state index in [1.54, 1.807) is 12.1 Å². The molecule has 0 fully saturated rings. The largest absolute Gasteiger partial charge is 0.371 e. The lowest BCUT2D eigenvalue weighted by molar-refractivity contribution is -0.0329. The Kier molecular flexibility index (Phi) is 5.56. The number of hydrogen-bond donors (Lipinski definition) is 2. The van der Waals surface area contributed by atoms with Crippen LogP contribution < -0.4 is 5.84 Å². The van der Waals surface area contributed by atoms with Gasteiger partial charge in [0.15, 0.2) is 12.0 Å². The van der Waals surface area contributed by atoms with Gasteiger partial charge < -0.3 is 10.0 Å². The molecule has 19 heavy (non-hydrogen) atoms. The number of carbonyl (C=O) groups excluding carboxylic acids is 1. The summed E-state index contributed by atoms with van der Waals surface area (Å²) in [7, 11) is 3.86. The third-order valence-electron chi connectivity index (χ3n) is 2.88. The average molecular weight is 266 g/mol. The molecule has 0 amide bonds. The molecular weight excluding hydrogens is 244 g/mol. The minimum atomic E-state index is -1.10. The molecule has 2 unspecified atom stereocenters. The maximum absolute atomic E-state index is 11.5. The van der Waals surface area contributed by atoms with E-state index in [0.717, 1.165) is 0 Å². The van der Waals surface area contributed by atoms with Gasteiger partial charge in [0.25, 0.3) is 0 Å². The second-order valence-corrected chi connectivity index (χ2v) is 4.92. The van der Waals surface area contributed by atoms with E-state index in [4.69, 9.17) is 5.84 Å². The number of nitrogens with two attached hydrogens (primary N) is 1. The van der Waals surface area contributed by atoms with Crippen LogP contribution in [-0.4, -0.2) is 52.5 Å². The Hall–Kier alpha value is -1.34. The lowest BCUT2D eigenvalue weighted by Gasteiger charge is -2.30. The summed E-state index contributed by atoms with van der Waals surface area (Å²) in [4.78, 5) is 17.6. The molecule has 0 aromatic carbocycles. The SMILES string of the molecule is CC(=O)c1cccnc1C(O)N(N)C(C)CN(C)C. The Bertz CT molecular complexity index is 436. The molecular formula is C13H22N4O2. The molecule has 0 saturated heterocycles. The first kappa shape index (κ1) is 15.7. The normalized spacial score (nSPS) is 14.7. The van der Waals surface area contributed by atoms with Crippen molar-refractivity contribution < 1.29 is 9.90 Å². The fourth-order valence-electron chi connectivity index (χ4n) is 1.93. The van der Waals surface area contributed by atoms with Crippen LogP contribution in [0.15, 0.2) is 18.3 Å². The minimum Gasteiger partial charge on any atom is -0.371 e. The van der Waals surface area contributed by atoms with Gasteiger partial charge in [-0.1, -0.05) is 0 Å². The van der Waals surface area contributed by atoms with Gasteiger partial charge in [-0.25, -0.2) is 5.01 Å². The molecule has 0 aliphatic heterocycles. The smallest absolute Gasteiger partial charge is 0.163 e. The first-order valence-electron chi connectivity index (χ1n) is 6.16. The molecule has 1 aromatic rings. The van der Waals surface area contributed by atoms with Crippen LogP contribution in [0.25, 0.3) is 0 Å². The number of likely N-dealkylation sites (N-methyl/N-ethyl adjacent to an activating group) is 1. The highest BCUT2D eigenvalue weighted by Gasteiger charge is 2.24. The molecule has 1 aromatic heterocycles. The quantitative estimate of drug-likeness (QED) is 0.336. The number of aliphatic hydroxyl groups is 1. The maximum atomic E-state index is 11.5. The number of aliphatic hydroxyl groups excluding tert-OH is 1. The van der Waals surface area contributed by atoms with Crippen LogP contribution in [0.5, 0.6) is 0 Å². The van der Waals surface area contributed by atoms with E-state index in [2.05, 4.69) is 4.98 Å². The molecule has 1 rings (SSSR count). The number of carbonyl (C=O) groups is 1. The molecule has 0 radical (unpaired) electrons. The van der Waals surface area contributed by atoms with Crippen molar-refractivity contribution in [1.29, 1.82) is 0 Å². The highest BCUT2D eigenvalue weighted by molar-refractivity contribution is 5.95. The highest BCUT2D eigenvalue weighted by Crippen LogP contribution is 2.19. The predicted octanol–water partition coefficient (Wildman–Crippen LogP) is 0.401. The number of rotatable bonds is 6. The zero-order chi connectivity index (χ0) is 14.6. The van der Waals surface area contributed by atoms with E-state index >= 15 is 0 Å². The van der Waals surface area contributed by atoms with E-state index in [1.165, 1.54) is 18.1 Å². The molecule has 1 heterocycles. The number of hydrazine groups is 1. The van der Waals surface area contributed by atoms with Crippen molar-refractivity contribution in [3.8, 4) is 0 Å². The fraction of sp³-hybridized carbons (Fsp3) is 0.538.